The van der Waals surface area contributed by atoms with Gasteiger partial charge in [-0.2, -0.15) is 5.10 Å². The maximum Gasteiger partial charge on any atom is 0.276 e. The molecule has 0 aliphatic carbocycles. The number of aromatic nitrogens is 2. The lowest BCUT2D eigenvalue weighted by atomic mass is 10.0. The van der Waals surface area contributed by atoms with Crippen LogP contribution in [-0.4, -0.2) is 35.6 Å². The SMILES string of the molecule is Cc1ccc(-c2cc(C(=O)Nc3cccc(Cl)c3)nn2[C@@H]2CCS(=O)(=O)C2)cc1C. The number of amides is 1. The molecular formula is C22H22ClN3O3S. The van der Waals surface area contributed by atoms with Gasteiger partial charge in [0.1, 0.15) is 0 Å². The Morgan fingerprint density at radius 2 is 1.93 bits per heavy atom. The zero-order valence-corrected chi connectivity index (χ0v) is 18.3. The second kappa shape index (κ2) is 7.89. The number of sulfone groups is 1. The Kier molecular flexibility index (Phi) is 5.42. The number of benzene rings is 2. The van der Waals surface area contributed by atoms with Crippen LogP contribution in [0.4, 0.5) is 5.69 Å². The molecule has 156 valence electrons. The molecule has 1 aliphatic rings. The van der Waals surface area contributed by atoms with Crippen molar-refractivity contribution in [2.75, 3.05) is 16.8 Å². The first-order valence-corrected chi connectivity index (χ1v) is 11.9. The zero-order chi connectivity index (χ0) is 21.5. The third-order valence-electron chi connectivity index (χ3n) is 5.41. The number of nitrogens with one attached hydrogen (secondary N) is 1. The Labute approximate surface area is 180 Å². The van der Waals surface area contributed by atoms with Crippen molar-refractivity contribution in [3.63, 3.8) is 0 Å². The summed E-state index contributed by atoms with van der Waals surface area (Å²) < 4.78 is 25.8. The van der Waals surface area contributed by atoms with Crippen LogP contribution >= 0.6 is 11.6 Å². The fourth-order valence-electron chi connectivity index (χ4n) is 3.63. The maximum absolute atomic E-state index is 12.8. The van der Waals surface area contributed by atoms with Gasteiger partial charge in [0.05, 0.1) is 23.2 Å². The fraction of sp³-hybridized carbons (Fsp3) is 0.273. The standard InChI is InChI=1S/C22H22ClN3O3S/c1-14-6-7-16(10-15(14)2)21-12-20(22(27)24-18-5-3-4-17(23)11-18)25-26(21)19-8-9-30(28,29)13-19/h3-7,10-12,19H,8-9,13H2,1-2H3,(H,24,27)/t19-/m1/s1. The largest absolute Gasteiger partial charge is 0.321 e. The molecule has 1 saturated heterocycles. The van der Waals surface area contributed by atoms with Gasteiger partial charge in [-0.05, 0) is 61.7 Å². The predicted molar refractivity (Wildman–Crippen MR) is 119 cm³/mol. The molecule has 6 nitrogen and oxygen atoms in total. The highest BCUT2D eigenvalue weighted by atomic mass is 35.5. The van der Waals surface area contributed by atoms with Crippen molar-refractivity contribution in [1.29, 1.82) is 0 Å². The van der Waals surface area contributed by atoms with Crippen LogP contribution in [0.2, 0.25) is 5.02 Å². The van der Waals surface area contributed by atoms with Crippen LogP contribution in [0, 0.1) is 13.8 Å². The zero-order valence-electron chi connectivity index (χ0n) is 16.7. The van der Waals surface area contributed by atoms with Crippen LogP contribution < -0.4 is 5.32 Å². The van der Waals surface area contributed by atoms with Crippen LogP contribution in [0.1, 0.15) is 34.1 Å². The second-order valence-corrected chi connectivity index (χ2v) is 10.3. The third-order valence-corrected chi connectivity index (χ3v) is 7.39. The minimum Gasteiger partial charge on any atom is -0.321 e. The van der Waals surface area contributed by atoms with E-state index in [4.69, 9.17) is 11.6 Å². The molecule has 1 aliphatic heterocycles. The number of aryl methyl sites for hydroxylation is 2. The first-order chi connectivity index (χ1) is 14.2. The summed E-state index contributed by atoms with van der Waals surface area (Å²) in [6.45, 7) is 4.05. The number of anilines is 1. The van der Waals surface area contributed by atoms with Gasteiger partial charge in [-0.1, -0.05) is 29.8 Å². The molecule has 4 rings (SSSR count). The summed E-state index contributed by atoms with van der Waals surface area (Å²) in [6.07, 6.45) is 0.483. The Balaban J connectivity index is 1.73. The Morgan fingerprint density at radius 1 is 1.13 bits per heavy atom. The predicted octanol–water partition coefficient (Wildman–Crippen LogP) is 4.43. The van der Waals surface area contributed by atoms with Crippen molar-refractivity contribution in [3.05, 3.63) is 70.4 Å². The minimum atomic E-state index is -3.10. The lowest BCUT2D eigenvalue weighted by Crippen LogP contribution is -2.16. The molecule has 0 unspecified atom stereocenters. The molecule has 1 aromatic heterocycles. The van der Waals surface area contributed by atoms with E-state index in [9.17, 15) is 13.2 Å². The van der Waals surface area contributed by atoms with E-state index in [1.165, 1.54) is 0 Å². The number of carbonyl (C=O) groups is 1. The summed E-state index contributed by atoms with van der Waals surface area (Å²) in [6, 6.07) is 14.3. The van der Waals surface area contributed by atoms with E-state index in [0.29, 0.717) is 17.1 Å². The number of nitrogens with zero attached hydrogens (tertiary/aromatic N) is 2. The van der Waals surface area contributed by atoms with Crippen molar-refractivity contribution in [2.24, 2.45) is 0 Å². The van der Waals surface area contributed by atoms with Crippen LogP contribution in [0.5, 0.6) is 0 Å². The van der Waals surface area contributed by atoms with Gasteiger partial charge in [-0.3, -0.25) is 9.48 Å². The summed E-state index contributed by atoms with van der Waals surface area (Å²) in [7, 11) is -3.10. The number of hydrogen-bond donors (Lipinski definition) is 1. The first kappa shape index (κ1) is 20.6. The molecule has 1 amide bonds. The molecule has 1 N–H and O–H groups in total. The van der Waals surface area contributed by atoms with E-state index in [2.05, 4.69) is 10.4 Å². The van der Waals surface area contributed by atoms with Crippen molar-refractivity contribution < 1.29 is 13.2 Å². The van der Waals surface area contributed by atoms with Gasteiger partial charge < -0.3 is 5.32 Å². The van der Waals surface area contributed by atoms with Crippen LogP contribution in [0.15, 0.2) is 48.5 Å². The molecular weight excluding hydrogens is 422 g/mol. The first-order valence-electron chi connectivity index (χ1n) is 9.66. The highest BCUT2D eigenvalue weighted by Gasteiger charge is 2.32. The lowest BCUT2D eigenvalue weighted by Gasteiger charge is -2.14. The van der Waals surface area contributed by atoms with E-state index in [-0.39, 0.29) is 29.1 Å². The van der Waals surface area contributed by atoms with Gasteiger partial charge in [-0.25, -0.2) is 8.42 Å². The minimum absolute atomic E-state index is 0.0296. The van der Waals surface area contributed by atoms with Gasteiger partial charge in [0.2, 0.25) is 0 Å². The second-order valence-electron chi connectivity index (χ2n) is 7.68. The summed E-state index contributed by atoms with van der Waals surface area (Å²) in [5.41, 5.74) is 4.70. The van der Waals surface area contributed by atoms with Gasteiger partial charge in [0.15, 0.2) is 15.5 Å². The highest BCUT2D eigenvalue weighted by molar-refractivity contribution is 7.91. The molecule has 0 saturated carbocycles. The van der Waals surface area contributed by atoms with E-state index in [1.807, 2.05) is 32.0 Å². The van der Waals surface area contributed by atoms with Gasteiger partial charge in [0.25, 0.3) is 5.91 Å². The summed E-state index contributed by atoms with van der Waals surface area (Å²) in [5, 5.41) is 7.83. The van der Waals surface area contributed by atoms with Crippen LogP contribution in [0.3, 0.4) is 0 Å². The van der Waals surface area contributed by atoms with Crippen molar-refractivity contribution >= 4 is 33.0 Å². The van der Waals surface area contributed by atoms with E-state index in [0.717, 1.165) is 22.4 Å². The Hall–Kier alpha value is -2.64. The summed E-state index contributed by atoms with van der Waals surface area (Å²) in [4.78, 5) is 12.8. The van der Waals surface area contributed by atoms with Crippen molar-refractivity contribution in [3.8, 4) is 11.3 Å². The number of carbonyl (C=O) groups excluding carboxylic acids is 1. The van der Waals surface area contributed by atoms with E-state index < -0.39 is 9.84 Å². The number of hydrogen-bond acceptors (Lipinski definition) is 4. The Morgan fingerprint density at radius 3 is 2.60 bits per heavy atom. The average Bonchev–Trinajstić information content (AvgIpc) is 3.27. The Bertz CT molecular complexity index is 1230. The van der Waals surface area contributed by atoms with Crippen molar-refractivity contribution in [1.82, 2.24) is 9.78 Å². The number of halogens is 1. The molecule has 2 aromatic carbocycles. The molecule has 0 spiro atoms. The monoisotopic (exact) mass is 443 g/mol. The van der Waals surface area contributed by atoms with E-state index in [1.54, 1.807) is 35.0 Å². The fourth-order valence-corrected chi connectivity index (χ4v) is 5.51. The summed E-state index contributed by atoms with van der Waals surface area (Å²) in [5.74, 6) is -0.211. The summed E-state index contributed by atoms with van der Waals surface area (Å²) >= 11 is 6.00. The third kappa shape index (κ3) is 4.27. The molecule has 1 atom stereocenters. The molecule has 0 radical (unpaired) electrons. The molecule has 30 heavy (non-hydrogen) atoms. The molecule has 1 fully saturated rings. The van der Waals surface area contributed by atoms with Gasteiger partial charge >= 0.3 is 0 Å². The van der Waals surface area contributed by atoms with Crippen LogP contribution in [0.25, 0.3) is 11.3 Å². The van der Waals surface area contributed by atoms with Crippen LogP contribution in [-0.2, 0) is 9.84 Å². The average molecular weight is 444 g/mol. The normalized spacial score (nSPS) is 17.8. The maximum atomic E-state index is 12.8. The molecule has 3 aromatic rings. The topological polar surface area (TPSA) is 81.1 Å². The molecule has 2 heterocycles. The lowest BCUT2D eigenvalue weighted by molar-refractivity contribution is 0.102. The quantitative estimate of drug-likeness (QED) is 0.646. The molecule has 0 bridgehead atoms. The highest BCUT2D eigenvalue weighted by Crippen LogP contribution is 2.31. The number of rotatable bonds is 4. The van der Waals surface area contributed by atoms with Crippen molar-refractivity contribution in [2.45, 2.75) is 26.3 Å². The molecule has 8 heteroatoms. The smallest absolute Gasteiger partial charge is 0.276 e. The van der Waals surface area contributed by atoms with E-state index >= 15 is 0 Å². The van der Waals surface area contributed by atoms with Gasteiger partial charge in [-0.15, -0.1) is 0 Å². The van der Waals surface area contributed by atoms with Gasteiger partial charge in [0, 0.05) is 16.3 Å².